The number of thioether (sulfide) groups is 1. The molecule has 0 unspecified atom stereocenters. The summed E-state index contributed by atoms with van der Waals surface area (Å²) in [4.78, 5) is 1.11. The largest absolute Gasteiger partial charge is 0.496 e. The Hall–Kier alpha value is -0.420. The summed E-state index contributed by atoms with van der Waals surface area (Å²) in [6, 6.07) is 4.31. The highest BCUT2D eigenvalue weighted by Gasteiger charge is 2.07. The standard InChI is InChI=1S/C15H19IOS/c1-10(2)18-9-11(3)6-13-7-12(4)14(16)8-15(13)17-5/h7-9H,1,6H2,2-5H3/b11-9+. The van der Waals surface area contributed by atoms with Gasteiger partial charge in [-0.05, 0) is 77.3 Å². The Morgan fingerprint density at radius 1 is 1.44 bits per heavy atom. The predicted molar refractivity (Wildman–Crippen MR) is 90.3 cm³/mol. The number of benzene rings is 1. The van der Waals surface area contributed by atoms with Crippen molar-refractivity contribution < 1.29 is 4.74 Å². The zero-order valence-corrected chi connectivity index (χ0v) is 14.3. The molecule has 0 aliphatic heterocycles. The molecular weight excluding hydrogens is 355 g/mol. The topological polar surface area (TPSA) is 9.23 Å². The lowest BCUT2D eigenvalue weighted by molar-refractivity contribution is 0.410. The van der Waals surface area contributed by atoms with Gasteiger partial charge in [0.1, 0.15) is 5.75 Å². The van der Waals surface area contributed by atoms with Crippen molar-refractivity contribution in [3.8, 4) is 5.75 Å². The van der Waals surface area contributed by atoms with Crippen LogP contribution in [0.3, 0.4) is 0 Å². The van der Waals surface area contributed by atoms with Gasteiger partial charge < -0.3 is 4.74 Å². The zero-order chi connectivity index (χ0) is 13.7. The van der Waals surface area contributed by atoms with Gasteiger partial charge in [-0.3, -0.25) is 0 Å². The molecule has 0 aromatic heterocycles. The molecule has 0 heterocycles. The van der Waals surface area contributed by atoms with Crippen molar-refractivity contribution in [2.75, 3.05) is 7.11 Å². The molecule has 1 rings (SSSR count). The summed E-state index contributed by atoms with van der Waals surface area (Å²) in [5.41, 5.74) is 3.86. The number of rotatable bonds is 5. The Kier molecular flexibility index (Phi) is 6.29. The maximum Gasteiger partial charge on any atom is 0.123 e. The molecule has 0 radical (unpaired) electrons. The third-order valence-corrected chi connectivity index (χ3v) is 4.58. The number of hydrogen-bond donors (Lipinski definition) is 0. The van der Waals surface area contributed by atoms with Gasteiger partial charge in [0.25, 0.3) is 0 Å². The smallest absolute Gasteiger partial charge is 0.123 e. The summed E-state index contributed by atoms with van der Waals surface area (Å²) < 4.78 is 6.69. The third kappa shape index (κ3) is 4.69. The number of aryl methyl sites for hydroxylation is 1. The third-order valence-electron chi connectivity index (χ3n) is 2.49. The normalized spacial score (nSPS) is 11.5. The van der Waals surface area contributed by atoms with Crippen LogP contribution in [0.25, 0.3) is 0 Å². The van der Waals surface area contributed by atoms with E-state index in [1.165, 1.54) is 20.3 Å². The van der Waals surface area contributed by atoms with E-state index in [4.69, 9.17) is 4.74 Å². The Morgan fingerprint density at radius 2 is 2.11 bits per heavy atom. The van der Waals surface area contributed by atoms with Crippen molar-refractivity contribution in [2.45, 2.75) is 27.2 Å². The first-order valence-corrected chi connectivity index (χ1v) is 7.70. The monoisotopic (exact) mass is 374 g/mol. The molecule has 1 aromatic carbocycles. The average Bonchev–Trinajstić information content (AvgIpc) is 2.31. The van der Waals surface area contributed by atoms with E-state index in [1.807, 2.05) is 6.92 Å². The second-order valence-electron chi connectivity index (χ2n) is 4.37. The maximum atomic E-state index is 5.45. The van der Waals surface area contributed by atoms with E-state index >= 15 is 0 Å². The summed E-state index contributed by atoms with van der Waals surface area (Å²) in [5.74, 6) is 0.970. The highest BCUT2D eigenvalue weighted by atomic mass is 127. The van der Waals surface area contributed by atoms with Crippen molar-refractivity contribution >= 4 is 34.4 Å². The van der Waals surface area contributed by atoms with Gasteiger partial charge in [0.15, 0.2) is 0 Å². The van der Waals surface area contributed by atoms with Gasteiger partial charge in [0.2, 0.25) is 0 Å². The first-order valence-electron chi connectivity index (χ1n) is 5.75. The van der Waals surface area contributed by atoms with Gasteiger partial charge >= 0.3 is 0 Å². The summed E-state index contributed by atoms with van der Waals surface area (Å²) in [6.45, 7) is 10.2. The molecular formula is C15H19IOS. The summed E-state index contributed by atoms with van der Waals surface area (Å²) >= 11 is 4.02. The van der Waals surface area contributed by atoms with Crippen molar-refractivity contribution in [1.29, 1.82) is 0 Å². The van der Waals surface area contributed by atoms with Gasteiger partial charge in [0, 0.05) is 3.57 Å². The van der Waals surface area contributed by atoms with Crippen molar-refractivity contribution in [2.24, 2.45) is 0 Å². The lowest BCUT2D eigenvalue weighted by atomic mass is 10.0. The number of hydrogen-bond acceptors (Lipinski definition) is 2. The van der Waals surface area contributed by atoms with Crippen LogP contribution >= 0.6 is 34.4 Å². The Balaban J connectivity index is 2.93. The van der Waals surface area contributed by atoms with E-state index in [-0.39, 0.29) is 0 Å². The van der Waals surface area contributed by atoms with Crippen LogP contribution in [-0.4, -0.2) is 7.11 Å². The van der Waals surface area contributed by atoms with Crippen LogP contribution < -0.4 is 4.74 Å². The summed E-state index contributed by atoms with van der Waals surface area (Å²) in [5, 5.41) is 2.16. The van der Waals surface area contributed by atoms with Gasteiger partial charge in [-0.15, -0.1) is 11.8 Å². The fourth-order valence-corrected chi connectivity index (χ4v) is 2.52. The minimum atomic E-state index is 0.918. The summed E-state index contributed by atoms with van der Waals surface area (Å²) in [7, 11) is 1.73. The van der Waals surface area contributed by atoms with Crippen LogP contribution in [0.1, 0.15) is 25.0 Å². The fraction of sp³-hybridized carbons (Fsp3) is 0.333. The second kappa shape index (κ2) is 7.24. The van der Waals surface area contributed by atoms with Gasteiger partial charge in [-0.1, -0.05) is 18.2 Å². The Morgan fingerprint density at radius 3 is 2.67 bits per heavy atom. The molecule has 0 N–H and O–H groups in total. The van der Waals surface area contributed by atoms with Crippen molar-refractivity contribution in [1.82, 2.24) is 0 Å². The number of methoxy groups -OCH3 is 1. The number of allylic oxidation sites excluding steroid dienone is 2. The molecule has 98 valence electrons. The molecule has 0 aliphatic carbocycles. The van der Waals surface area contributed by atoms with Crippen LogP contribution in [0.15, 0.2) is 34.6 Å². The molecule has 0 aliphatic rings. The van der Waals surface area contributed by atoms with E-state index in [9.17, 15) is 0 Å². The highest BCUT2D eigenvalue weighted by Crippen LogP contribution is 2.27. The van der Waals surface area contributed by atoms with E-state index in [0.29, 0.717) is 0 Å². The first-order chi connectivity index (χ1) is 8.43. The minimum absolute atomic E-state index is 0.918. The molecule has 0 saturated heterocycles. The fourth-order valence-electron chi connectivity index (χ4n) is 1.59. The van der Waals surface area contributed by atoms with E-state index < -0.39 is 0 Å². The van der Waals surface area contributed by atoms with Gasteiger partial charge in [0.05, 0.1) is 7.11 Å². The molecule has 0 fully saturated rings. The van der Waals surface area contributed by atoms with Crippen LogP contribution in [0.2, 0.25) is 0 Å². The summed E-state index contributed by atoms with van der Waals surface area (Å²) in [6.07, 6.45) is 0.918. The molecule has 0 amide bonds. The Labute approximate surface area is 128 Å². The minimum Gasteiger partial charge on any atom is -0.496 e. The molecule has 18 heavy (non-hydrogen) atoms. The average molecular weight is 374 g/mol. The van der Waals surface area contributed by atoms with Crippen molar-refractivity contribution in [3.05, 3.63) is 49.3 Å². The maximum absolute atomic E-state index is 5.45. The van der Waals surface area contributed by atoms with Crippen LogP contribution in [0.4, 0.5) is 0 Å². The van der Waals surface area contributed by atoms with Crippen LogP contribution in [0.5, 0.6) is 5.75 Å². The molecule has 1 aromatic rings. The van der Waals surface area contributed by atoms with Crippen LogP contribution in [-0.2, 0) is 6.42 Å². The van der Waals surface area contributed by atoms with E-state index in [1.54, 1.807) is 18.9 Å². The molecule has 0 saturated carbocycles. The SMILES string of the molecule is C=C(C)S/C=C(\C)Cc1cc(C)c(I)cc1OC. The van der Waals surface area contributed by atoms with E-state index in [0.717, 1.165) is 17.1 Å². The van der Waals surface area contributed by atoms with E-state index in [2.05, 4.69) is 60.6 Å². The highest BCUT2D eigenvalue weighted by molar-refractivity contribution is 14.1. The lowest BCUT2D eigenvalue weighted by Gasteiger charge is -2.11. The van der Waals surface area contributed by atoms with Crippen LogP contribution in [0, 0.1) is 10.5 Å². The second-order valence-corrected chi connectivity index (χ2v) is 6.70. The first kappa shape index (κ1) is 15.6. The molecule has 1 nitrogen and oxygen atoms in total. The molecule has 0 atom stereocenters. The van der Waals surface area contributed by atoms with Gasteiger partial charge in [-0.25, -0.2) is 0 Å². The predicted octanol–water partition coefficient (Wildman–Crippen LogP) is 5.32. The molecule has 3 heteroatoms. The Bertz CT molecular complexity index is 478. The quantitative estimate of drug-likeness (QED) is 0.645. The number of halogens is 1. The zero-order valence-electron chi connectivity index (χ0n) is 11.3. The molecule has 0 spiro atoms. The number of ether oxygens (including phenoxy) is 1. The lowest BCUT2D eigenvalue weighted by Crippen LogP contribution is -1.96. The van der Waals surface area contributed by atoms with Gasteiger partial charge in [-0.2, -0.15) is 0 Å². The van der Waals surface area contributed by atoms with Crippen molar-refractivity contribution in [3.63, 3.8) is 0 Å². The molecule has 0 bridgehead atoms.